The van der Waals surface area contributed by atoms with Crippen LogP contribution in [0.2, 0.25) is 4.34 Å². The Morgan fingerprint density at radius 3 is 2.79 bits per heavy atom. The van der Waals surface area contributed by atoms with Crippen LogP contribution in [0.1, 0.15) is 23.5 Å². The maximum Gasteiger partial charge on any atom is 0.243 e. The number of imide groups is 1. The first-order valence-corrected chi connectivity index (χ1v) is 6.98. The number of amides is 2. The minimum atomic E-state index is -0.542. The minimum Gasteiger partial charge on any atom is -0.294 e. The number of piperazine rings is 1. The molecule has 102 valence electrons. The van der Waals surface area contributed by atoms with Gasteiger partial charge in [0.1, 0.15) is 0 Å². The highest BCUT2D eigenvalue weighted by atomic mass is 35.5. The molecule has 2 amide bonds. The van der Waals surface area contributed by atoms with Gasteiger partial charge >= 0.3 is 0 Å². The molecule has 2 atom stereocenters. The quantitative estimate of drug-likeness (QED) is 0.675. The van der Waals surface area contributed by atoms with Crippen LogP contribution in [0.3, 0.4) is 0 Å². The summed E-state index contributed by atoms with van der Waals surface area (Å²) in [6.45, 7) is 3.41. The number of Topliss-reactive ketones (excluding diaryl/α,β-unsaturated/α-hetero) is 1. The molecule has 2 heterocycles. The molecule has 1 N–H and O–H groups in total. The van der Waals surface area contributed by atoms with Crippen LogP contribution in [-0.2, 0) is 9.59 Å². The molecule has 1 saturated heterocycles. The van der Waals surface area contributed by atoms with Gasteiger partial charge in [0.15, 0.2) is 5.78 Å². The molecular formula is C12H13ClN2O3S. The summed E-state index contributed by atoms with van der Waals surface area (Å²) in [7, 11) is 0. The monoisotopic (exact) mass is 300 g/mol. The summed E-state index contributed by atoms with van der Waals surface area (Å²) in [5, 5.41) is 2.25. The Balaban J connectivity index is 2.18. The molecule has 1 fully saturated rings. The number of halogens is 1. The van der Waals surface area contributed by atoms with Gasteiger partial charge in [-0.2, -0.15) is 0 Å². The summed E-state index contributed by atoms with van der Waals surface area (Å²) in [5.41, 5.74) is 0. The van der Waals surface area contributed by atoms with E-state index in [0.29, 0.717) is 9.21 Å². The lowest BCUT2D eigenvalue weighted by Crippen LogP contribution is -2.60. The summed E-state index contributed by atoms with van der Waals surface area (Å²) < 4.78 is 0.538. The second-order valence-corrected chi connectivity index (χ2v) is 6.12. The minimum absolute atomic E-state index is 0.0406. The van der Waals surface area contributed by atoms with E-state index in [2.05, 4.69) is 5.32 Å². The molecule has 2 unspecified atom stereocenters. The van der Waals surface area contributed by atoms with Crippen molar-refractivity contribution in [2.45, 2.75) is 25.9 Å². The Hall–Kier alpha value is -1.24. The van der Waals surface area contributed by atoms with E-state index in [4.69, 9.17) is 11.6 Å². The lowest BCUT2D eigenvalue weighted by atomic mass is 10.1. The van der Waals surface area contributed by atoms with E-state index >= 15 is 0 Å². The normalized spacial score (nSPS) is 22.2. The summed E-state index contributed by atoms with van der Waals surface area (Å²) in [6.07, 6.45) is 0. The van der Waals surface area contributed by atoms with Gasteiger partial charge in [0.05, 0.1) is 27.8 Å². The molecular weight excluding hydrogens is 288 g/mol. The van der Waals surface area contributed by atoms with Gasteiger partial charge in [0, 0.05) is 0 Å². The van der Waals surface area contributed by atoms with Crippen LogP contribution in [0, 0.1) is 0 Å². The Labute approximate surface area is 119 Å². The Morgan fingerprint density at radius 1 is 1.53 bits per heavy atom. The average Bonchev–Trinajstić information content (AvgIpc) is 2.78. The first kappa shape index (κ1) is 14.2. The molecule has 7 heteroatoms. The molecule has 2 rings (SSSR count). The molecule has 1 aromatic rings. The number of nitrogens with one attached hydrogen (secondary N) is 1. The maximum absolute atomic E-state index is 12.3. The Kier molecular flexibility index (Phi) is 4.03. The van der Waals surface area contributed by atoms with Gasteiger partial charge in [-0.05, 0) is 26.0 Å². The molecule has 1 aromatic heterocycles. The third-order valence-corrected chi connectivity index (χ3v) is 4.40. The highest BCUT2D eigenvalue weighted by Gasteiger charge is 2.36. The molecule has 1 aliphatic rings. The summed E-state index contributed by atoms with van der Waals surface area (Å²) >= 11 is 7.00. The largest absolute Gasteiger partial charge is 0.294 e. The van der Waals surface area contributed by atoms with E-state index in [9.17, 15) is 14.4 Å². The number of rotatable bonds is 3. The van der Waals surface area contributed by atoms with E-state index in [1.165, 1.54) is 11.3 Å². The third-order valence-electron chi connectivity index (χ3n) is 3.16. The number of carbonyl (C=O) groups excluding carboxylic acids is 3. The van der Waals surface area contributed by atoms with Gasteiger partial charge < -0.3 is 0 Å². The smallest absolute Gasteiger partial charge is 0.243 e. The van der Waals surface area contributed by atoms with Crippen LogP contribution in [0.25, 0.3) is 0 Å². The molecule has 0 spiro atoms. The number of carbonyl (C=O) groups is 3. The summed E-state index contributed by atoms with van der Waals surface area (Å²) in [4.78, 5) is 37.4. The highest BCUT2D eigenvalue weighted by molar-refractivity contribution is 7.18. The van der Waals surface area contributed by atoms with E-state index in [1.807, 2.05) is 0 Å². The van der Waals surface area contributed by atoms with Gasteiger partial charge in [0.2, 0.25) is 11.8 Å². The van der Waals surface area contributed by atoms with Crippen molar-refractivity contribution in [2.24, 2.45) is 0 Å². The van der Waals surface area contributed by atoms with Gasteiger partial charge in [-0.25, -0.2) is 0 Å². The topological polar surface area (TPSA) is 66.5 Å². The molecule has 0 aliphatic carbocycles. The van der Waals surface area contributed by atoms with Crippen molar-refractivity contribution in [3.63, 3.8) is 0 Å². The summed E-state index contributed by atoms with van der Waals surface area (Å²) in [6, 6.07) is 2.26. The maximum atomic E-state index is 12.3. The molecule has 0 saturated carbocycles. The SMILES string of the molecule is CC1C(=O)NC(=O)CN1C(C)C(=O)c1ccc(Cl)s1. The predicted molar refractivity (Wildman–Crippen MR) is 72.4 cm³/mol. The van der Waals surface area contributed by atoms with Gasteiger partial charge in [-0.1, -0.05) is 11.6 Å². The molecule has 0 radical (unpaired) electrons. The van der Waals surface area contributed by atoms with Crippen LogP contribution in [0.15, 0.2) is 12.1 Å². The zero-order chi connectivity index (χ0) is 14.2. The molecule has 0 aromatic carbocycles. The van der Waals surface area contributed by atoms with Crippen molar-refractivity contribution in [1.82, 2.24) is 10.2 Å². The van der Waals surface area contributed by atoms with E-state index in [1.54, 1.807) is 30.9 Å². The average molecular weight is 301 g/mol. The van der Waals surface area contributed by atoms with E-state index in [-0.39, 0.29) is 24.1 Å². The first-order valence-electron chi connectivity index (χ1n) is 5.79. The molecule has 5 nitrogen and oxygen atoms in total. The van der Waals surface area contributed by atoms with Crippen LogP contribution in [0.5, 0.6) is 0 Å². The summed E-state index contributed by atoms with van der Waals surface area (Å²) in [5.74, 6) is -0.890. The van der Waals surface area contributed by atoms with Gasteiger partial charge in [-0.3, -0.25) is 24.6 Å². The molecule has 0 bridgehead atoms. The second kappa shape index (κ2) is 5.40. The second-order valence-electron chi connectivity index (χ2n) is 4.40. The van der Waals surface area contributed by atoms with Crippen molar-refractivity contribution in [3.05, 3.63) is 21.3 Å². The zero-order valence-electron chi connectivity index (χ0n) is 10.5. The number of hydrogen-bond acceptors (Lipinski definition) is 5. The van der Waals surface area contributed by atoms with Gasteiger partial charge in [0.25, 0.3) is 0 Å². The lowest BCUT2D eigenvalue weighted by molar-refractivity contribution is -0.140. The fourth-order valence-corrected chi connectivity index (χ4v) is 3.08. The fourth-order valence-electron chi connectivity index (χ4n) is 2.01. The van der Waals surface area contributed by atoms with Crippen LogP contribution in [-0.4, -0.2) is 41.1 Å². The van der Waals surface area contributed by atoms with Gasteiger partial charge in [-0.15, -0.1) is 11.3 Å². The van der Waals surface area contributed by atoms with Crippen molar-refractivity contribution in [1.29, 1.82) is 0 Å². The Morgan fingerprint density at radius 2 is 2.21 bits per heavy atom. The standard InChI is InChI=1S/C12H13ClN2O3S/c1-6(11(17)8-3-4-9(13)19-8)15-5-10(16)14-12(18)7(15)2/h3-4,6-7H,5H2,1-2H3,(H,14,16,18). The van der Waals surface area contributed by atoms with E-state index < -0.39 is 12.1 Å². The van der Waals surface area contributed by atoms with Crippen molar-refractivity contribution >= 4 is 40.5 Å². The van der Waals surface area contributed by atoms with E-state index in [0.717, 1.165) is 0 Å². The zero-order valence-corrected chi connectivity index (χ0v) is 12.0. The van der Waals surface area contributed by atoms with Crippen LogP contribution in [0.4, 0.5) is 0 Å². The first-order chi connectivity index (χ1) is 8.90. The number of thiophene rings is 1. The number of nitrogens with zero attached hydrogens (tertiary/aromatic N) is 1. The van der Waals surface area contributed by atoms with Crippen LogP contribution < -0.4 is 5.32 Å². The third kappa shape index (κ3) is 2.86. The van der Waals surface area contributed by atoms with Crippen molar-refractivity contribution < 1.29 is 14.4 Å². The number of hydrogen-bond donors (Lipinski definition) is 1. The number of ketones is 1. The molecule has 19 heavy (non-hydrogen) atoms. The highest BCUT2D eigenvalue weighted by Crippen LogP contribution is 2.24. The molecule has 1 aliphatic heterocycles. The fraction of sp³-hybridized carbons (Fsp3) is 0.417. The van der Waals surface area contributed by atoms with Crippen molar-refractivity contribution in [3.8, 4) is 0 Å². The predicted octanol–water partition coefficient (Wildman–Crippen LogP) is 1.32. The Bertz CT molecular complexity index is 543. The van der Waals surface area contributed by atoms with Crippen molar-refractivity contribution in [2.75, 3.05) is 6.54 Å². The lowest BCUT2D eigenvalue weighted by Gasteiger charge is -2.35. The van der Waals surface area contributed by atoms with Crippen LogP contribution >= 0.6 is 22.9 Å².